The standard InChI is InChI=1S/C24H46O4/c1-4-18-24(19-5-2,23(27)28)20-21(6-3)16-14-12-10-8-7-9-11-13-15-17-22(25)26/h21H,4-20H2,1-3H3,(H,25,26)(H,27,28). The van der Waals surface area contributed by atoms with Gasteiger partial charge < -0.3 is 10.2 Å². The highest BCUT2D eigenvalue weighted by Gasteiger charge is 2.38. The number of rotatable bonds is 20. The summed E-state index contributed by atoms with van der Waals surface area (Å²) in [5.74, 6) is -0.739. The molecule has 0 aliphatic carbocycles. The molecule has 0 aliphatic rings. The molecule has 0 fully saturated rings. The van der Waals surface area contributed by atoms with E-state index in [0.717, 1.165) is 64.2 Å². The molecule has 0 amide bonds. The SMILES string of the molecule is CCCC(CCC)(CC(CC)CCCCCCCCCCCC(=O)O)C(=O)O. The minimum Gasteiger partial charge on any atom is -0.481 e. The van der Waals surface area contributed by atoms with Crippen molar-refractivity contribution in [2.75, 3.05) is 0 Å². The fourth-order valence-corrected chi connectivity index (χ4v) is 4.54. The summed E-state index contributed by atoms with van der Waals surface area (Å²) >= 11 is 0. The zero-order chi connectivity index (χ0) is 21.3. The lowest BCUT2D eigenvalue weighted by Gasteiger charge is -2.32. The predicted octanol–water partition coefficient (Wildman–Crippen LogP) is 7.45. The van der Waals surface area contributed by atoms with Crippen molar-refractivity contribution in [3.63, 3.8) is 0 Å². The molecule has 0 aliphatic heterocycles. The monoisotopic (exact) mass is 398 g/mol. The van der Waals surface area contributed by atoms with Crippen LogP contribution in [0.5, 0.6) is 0 Å². The molecule has 1 unspecified atom stereocenters. The summed E-state index contributed by atoms with van der Waals surface area (Å²) in [5.41, 5.74) is -0.509. The van der Waals surface area contributed by atoms with E-state index in [-0.39, 0.29) is 0 Å². The highest BCUT2D eigenvalue weighted by Crippen LogP contribution is 2.39. The number of aliphatic carboxylic acids is 2. The van der Waals surface area contributed by atoms with Gasteiger partial charge in [0.1, 0.15) is 0 Å². The minimum atomic E-state index is -0.685. The van der Waals surface area contributed by atoms with E-state index in [1.165, 1.54) is 38.5 Å². The normalized spacial score (nSPS) is 12.8. The zero-order valence-electron chi connectivity index (χ0n) is 18.8. The van der Waals surface area contributed by atoms with E-state index in [0.29, 0.717) is 12.3 Å². The summed E-state index contributed by atoms with van der Waals surface area (Å²) in [4.78, 5) is 22.4. The molecule has 0 aromatic heterocycles. The average Bonchev–Trinajstić information content (AvgIpc) is 2.64. The van der Waals surface area contributed by atoms with Crippen LogP contribution < -0.4 is 0 Å². The first kappa shape index (κ1) is 26.9. The third-order valence-electron chi connectivity index (χ3n) is 6.17. The van der Waals surface area contributed by atoms with Gasteiger partial charge in [-0.25, -0.2) is 0 Å². The fraction of sp³-hybridized carbons (Fsp3) is 0.917. The van der Waals surface area contributed by atoms with E-state index in [9.17, 15) is 14.7 Å². The molecule has 0 rings (SSSR count). The summed E-state index contributed by atoms with van der Waals surface area (Å²) in [7, 11) is 0. The molecule has 0 radical (unpaired) electrons. The van der Waals surface area contributed by atoms with E-state index < -0.39 is 17.4 Å². The topological polar surface area (TPSA) is 74.6 Å². The van der Waals surface area contributed by atoms with Gasteiger partial charge >= 0.3 is 11.9 Å². The van der Waals surface area contributed by atoms with Gasteiger partial charge in [-0.05, 0) is 31.6 Å². The minimum absolute atomic E-state index is 0.304. The van der Waals surface area contributed by atoms with Crippen LogP contribution in [0.4, 0.5) is 0 Å². The first-order valence-electron chi connectivity index (χ1n) is 11.9. The van der Waals surface area contributed by atoms with E-state index >= 15 is 0 Å². The zero-order valence-corrected chi connectivity index (χ0v) is 18.8. The Labute approximate surface area is 173 Å². The lowest BCUT2D eigenvalue weighted by molar-refractivity contribution is -0.151. The van der Waals surface area contributed by atoms with Crippen LogP contribution in [0, 0.1) is 11.3 Å². The Morgan fingerprint density at radius 1 is 0.750 bits per heavy atom. The number of hydrogen-bond donors (Lipinski definition) is 2. The maximum atomic E-state index is 12.0. The molecule has 1 atom stereocenters. The van der Waals surface area contributed by atoms with E-state index in [1.807, 2.05) is 0 Å². The van der Waals surface area contributed by atoms with Crippen molar-refractivity contribution in [3.8, 4) is 0 Å². The fourth-order valence-electron chi connectivity index (χ4n) is 4.54. The summed E-state index contributed by atoms with van der Waals surface area (Å²) in [5, 5.41) is 18.5. The van der Waals surface area contributed by atoms with Crippen molar-refractivity contribution in [1.82, 2.24) is 0 Å². The largest absolute Gasteiger partial charge is 0.481 e. The molecule has 0 heterocycles. The van der Waals surface area contributed by atoms with E-state index in [4.69, 9.17) is 5.11 Å². The molecule has 4 heteroatoms. The number of hydrogen-bond acceptors (Lipinski definition) is 2. The third kappa shape index (κ3) is 12.4. The van der Waals surface area contributed by atoms with Gasteiger partial charge in [0.25, 0.3) is 0 Å². The second-order valence-corrected chi connectivity index (χ2v) is 8.68. The molecule has 2 N–H and O–H groups in total. The molecule has 0 spiro atoms. The Morgan fingerprint density at radius 3 is 1.61 bits per heavy atom. The second kappa shape index (κ2) is 16.9. The molecule has 28 heavy (non-hydrogen) atoms. The number of carboxylic acid groups (broad SMARTS) is 2. The Balaban J connectivity index is 3.98. The molecule has 0 aromatic rings. The van der Waals surface area contributed by atoms with Gasteiger partial charge in [0.15, 0.2) is 0 Å². The maximum Gasteiger partial charge on any atom is 0.309 e. The number of carboxylic acids is 2. The molecule has 4 nitrogen and oxygen atoms in total. The van der Waals surface area contributed by atoms with Gasteiger partial charge in [-0.1, -0.05) is 97.8 Å². The van der Waals surface area contributed by atoms with Gasteiger partial charge in [-0.2, -0.15) is 0 Å². The van der Waals surface area contributed by atoms with Crippen molar-refractivity contribution in [1.29, 1.82) is 0 Å². The number of carbonyl (C=O) groups is 2. The Morgan fingerprint density at radius 2 is 1.21 bits per heavy atom. The lowest BCUT2D eigenvalue weighted by atomic mass is 9.71. The van der Waals surface area contributed by atoms with Crippen molar-refractivity contribution in [2.45, 2.75) is 130 Å². The third-order valence-corrected chi connectivity index (χ3v) is 6.17. The van der Waals surface area contributed by atoms with Crippen molar-refractivity contribution in [2.24, 2.45) is 11.3 Å². The molecule has 0 bridgehead atoms. The molecule has 0 saturated heterocycles. The average molecular weight is 399 g/mol. The second-order valence-electron chi connectivity index (χ2n) is 8.68. The summed E-state index contributed by atoms with van der Waals surface area (Å²) in [6.07, 6.45) is 17.3. The van der Waals surface area contributed by atoms with Gasteiger partial charge in [0.05, 0.1) is 5.41 Å². The Bertz CT molecular complexity index is 399. The summed E-state index contributed by atoms with van der Waals surface area (Å²) in [6, 6.07) is 0. The van der Waals surface area contributed by atoms with E-state index in [2.05, 4.69) is 20.8 Å². The molecule has 0 aromatic carbocycles. The van der Waals surface area contributed by atoms with E-state index in [1.54, 1.807) is 0 Å². The lowest BCUT2D eigenvalue weighted by Crippen LogP contribution is -2.33. The first-order chi connectivity index (χ1) is 13.4. The molecule has 0 saturated carbocycles. The van der Waals surface area contributed by atoms with Crippen LogP contribution in [-0.2, 0) is 9.59 Å². The molecular formula is C24H46O4. The quantitative estimate of drug-likeness (QED) is 0.209. The van der Waals surface area contributed by atoms with Crippen LogP contribution in [0.15, 0.2) is 0 Å². The van der Waals surface area contributed by atoms with Gasteiger partial charge in [0, 0.05) is 6.42 Å². The first-order valence-corrected chi connectivity index (χ1v) is 11.9. The Kier molecular flexibility index (Phi) is 16.2. The van der Waals surface area contributed by atoms with Crippen LogP contribution in [0.2, 0.25) is 0 Å². The maximum absolute atomic E-state index is 12.0. The van der Waals surface area contributed by atoms with Crippen LogP contribution >= 0.6 is 0 Å². The molecule has 166 valence electrons. The van der Waals surface area contributed by atoms with Crippen molar-refractivity contribution in [3.05, 3.63) is 0 Å². The summed E-state index contributed by atoms with van der Waals surface area (Å²) < 4.78 is 0. The van der Waals surface area contributed by atoms with Crippen LogP contribution in [0.1, 0.15) is 130 Å². The summed E-state index contributed by atoms with van der Waals surface area (Å²) in [6.45, 7) is 6.40. The van der Waals surface area contributed by atoms with Crippen LogP contribution in [-0.4, -0.2) is 22.2 Å². The van der Waals surface area contributed by atoms with Gasteiger partial charge in [-0.3, -0.25) is 9.59 Å². The predicted molar refractivity (Wildman–Crippen MR) is 117 cm³/mol. The van der Waals surface area contributed by atoms with Crippen molar-refractivity contribution >= 4 is 11.9 Å². The van der Waals surface area contributed by atoms with Crippen LogP contribution in [0.25, 0.3) is 0 Å². The Hall–Kier alpha value is -1.06. The van der Waals surface area contributed by atoms with Gasteiger partial charge in [0.2, 0.25) is 0 Å². The number of unbranched alkanes of at least 4 members (excludes halogenated alkanes) is 8. The highest BCUT2D eigenvalue weighted by molar-refractivity contribution is 5.74. The van der Waals surface area contributed by atoms with Gasteiger partial charge in [-0.15, -0.1) is 0 Å². The van der Waals surface area contributed by atoms with Crippen LogP contribution in [0.3, 0.4) is 0 Å². The van der Waals surface area contributed by atoms with Crippen molar-refractivity contribution < 1.29 is 19.8 Å². The smallest absolute Gasteiger partial charge is 0.309 e. The highest BCUT2D eigenvalue weighted by atomic mass is 16.4. The molecular weight excluding hydrogens is 352 g/mol.